The third-order valence-corrected chi connectivity index (χ3v) is 5.46. The largest absolute Gasteiger partial charge is 0.313 e. The van der Waals surface area contributed by atoms with Crippen molar-refractivity contribution in [3.63, 3.8) is 0 Å². The van der Waals surface area contributed by atoms with Gasteiger partial charge in [0.05, 0.1) is 11.5 Å². The number of hydrogen-bond acceptors (Lipinski definition) is 4. The Hall–Kier alpha value is -1.40. The van der Waals surface area contributed by atoms with Gasteiger partial charge in [0.15, 0.2) is 9.84 Å². The second kappa shape index (κ2) is 7.04. The Morgan fingerprint density at radius 2 is 2.05 bits per heavy atom. The van der Waals surface area contributed by atoms with Crippen LogP contribution in [0, 0.1) is 0 Å². The molecular weight excluding hydrogens is 288 g/mol. The molecule has 1 N–H and O–H groups in total. The van der Waals surface area contributed by atoms with Crippen molar-refractivity contribution in [1.82, 2.24) is 5.32 Å². The predicted molar refractivity (Wildman–Crippen MR) is 84.1 cm³/mol. The number of benzene rings is 1. The quantitative estimate of drug-likeness (QED) is 0.857. The van der Waals surface area contributed by atoms with E-state index in [1.807, 2.05) is 37.3 Å². The molecule has 116 valence electrons. The molecule has 1 fully saturated rings. The maximum absolute atomic E-state index is 12.2. The summed E-state index contributed by atoms with van der Waals surface area (Å²) in [5.41, 5.74) is 0.897. The molecule has 1 saturated heterocycles. The SMILES string of the molecule is CCN(C(=O)CCNC1CCS(=O)(=O)C1)c1ccccc1. The maximum Gasteiger partial charge on any atom is 0.228 e. The first-order valence-corrected chi connectivity index (χ1v) is 9.13. The van der Waals surface area contributed by atoms with Crippen molar-refractivity contribution in [3.8, 4) is 0 Å². The van der Waals surface area contributed by atoms with Crippen LogP contribution in [0.2, 0.25) is 0 Å². The number of nitrogens with one attached hydrogen (secondary N) is 1. The van der Waals surface area contributed by atoms with E-state index >= 15 is 0 Å². The van der Waals surface area contributed by atoms with Gasteiger partial charge in [0.2, 0.25) is 5.91 Å². The molecule has 1 aromatic carbocycles. The minimum absolute atomic E-state index is 0.00500. The van der Waals surface area contributed by atoms with Crippen LogP contribution in [-0.4, -0.2) is 45.0 Å². The summed E-state index contributed by atoms with van der Waals surface area (Å²) in [6.07, 6.45) is 1.02. The maximum atomic E-state index is 12.2. The number of carbonyl (C=O) groups is 1. The fraction of sp³-hybridized carbons (Fsp3) is 0.533. The Kier molecular flexibility index (Phi) is 5.36. The first-order chi connectivity index (χ1) is 10.0. The van der Waals surface area contributed by atoms with E-state index in [0.29, 0.717) is 25.9 Å². The molecule has 21 heavy (non-hydrogen) atoms. The second-order valence-electron chi connectivity index (χ2n) is 5.28. The number of nitrogens with zero attached hydrogens (tertiary/aromatic N) is 1. The monoisotopic (exact) mass is 310 g/mol. The van der Waals surface area contributed by atoms with Gasteiger partial charge >= 0.3 is 0 Å². The van der Waals surface area contributed by atoms with E-state index in [9.17, 15) is 13.2 Å². The van der Waals surface area contributed by atoms with Crippen LogP contribution in [0.25, 0.3) is 0 Å². The minimum atomic E-state index is -2.87. The number of carbonyl (C=O) groups excluding carboxylic acids is 1. The lowest BCUT2D eigenvalue weighted by atomic mass is 10.2. The van der Waals surface area contributed by atoms with Crippen molar-refractivity contribution in [2.24, 2.45) is 0 Å². The molecule has 1 atom stereocenters. The molecule has 0 spiro atoms. The van der Waals surface area contributed by atoms with Gasteiger partial charge in [-0.05, 0) is 25.5 Å². The fourth-order valence-electron chi connectivity index (χ4n) is 2.59. The van der Waals surface area contributed by atoms with Gasteiger partial charge in [-0.1, -0.05) is 18.2 Å². The number of sulfone groups is 1. The van der Waals surface area contributed by atoms with Crippen molar-refractivity contribution in [2.75, 3.05) is 29.5 Å². The molecule has 1 unspecified atom stereocenters. The summed E-state index contributed by atoms with van der Waals surface area (Å²) in [6, 6.07) is 9.56. The van der Waals surface area contributed by atoms with E-state index in [4.69, 9.17) is 0 Å². The van der Waals surface area contributed by atoms with Gasteiger partial charge in [0.25, 0.3) is 0 Å². The van der Waals surface area contributed by atoms with Crippen molar-refractivity contribution in [3.05, 3.63) is 30.3 Å². The van der Waals surface area contributed by atoms with Gasteiger partial charge in [-0.15, -0.1) is 0 Å². The molecule has 1 aromatic rings. The molecule has 5 nitrogen and oxygen atoms in total. The molecular formula is C15H22N2O3S. The lowest BCUT2D eigenvalue weighted by molar-refractivity contribution is -0.118. The lowest BCUT2D eigenvalue weighted by Gasteiger charge is -2.21. The Bertz CT molecular complexity index is 572. The highest BCUT2D eigenvalue weighted by Gasteiger charge is 2.27. The third kappa shape index (κ3) is 4.54. The molecule has 0 radical (unpaired) electrons. The van der Waals surface area contributed by atoms with Gasteiger partial charge in [-0.2, -0.15) is 0 Å². The first kappa shape index (κ1) is 16.0. The number of amides is 1. The number of rotatable bonds is 6. The van der Waals surface area contributed by atoms with Crippen LogP contribution >= 0.6 is 0 Å². The predicted octanol–water partition coefficient (Wildman–Crippen LogP) is 1.21. The van der Waals surface area contributed by atoms with Crippen molar-refractivity contribution >= 4 is 21.4 Å². The zero-order valence-electron chi connectivity index (χ0n) is 12.3. The highest BCUT2D eigenvalue weighted by Crippen LogP contribution is 2.14. The summed E-state index contributed by atoms with van der Waals surface area (Å²) < 4.78 is 22.7. The zero-order valence-corrected chi connectivity index (χ0v) is 13.1. The average Bonchev–Trinajstić information content (AvgIpc) is 2.80. The van der Waals surface area contributed by atoms with E-state index in [1.54, 1.807) is 4.90 Å². The number of para-hydroxylation sites is 1. The topological polar surface area (TPSA) is 66.5 Å². The molecule has 0 aliphatic carbocycles. The van der Waals surface area contributed by atoms with E-state index in [1.165, 1.54) is 0 Å². The summed E-state index contributed by atoms with van der Waals surface area (Å²) in [5, 5.41) is 3.17. The first-order valence-electron chi connectivity index (χ1n) is 7.31. The van der Waals surface area contributed by atoms with Gasteiger partial charge in [-0.25, -0.2) is 8.42 Å². The van der Waals surface area contributed by atoms with E-state index in [-0.39, 0.29) is 23.5 Å². The van der Waals surface area contributed by atoms with Crippen LogP contribution in [0.15, 0.2) is 30.3 Å². The fourth-order valence-corrected chi connectivity index (χ4v) is 4.29. The molecule has 1 aliphatic heterocycles. The summed E-state index contributed by atoms with van der Waals surface area (Å²) in [7, 11) is -2.87. The Morgan fingerprint density at radius 3 is 2.62 bits per heavy atom. The highest BCUT2D eigenvalue weighted by atomic mass is 32.2. The standard InChI is InChI=1S/C15H22N2O3S/c1-2-17(14-6-4-3-5-7-14)15(18)8-10-16-13-9-11-21(19,20)12-13/h3-7,13,16H,2,8-12H2,1H3. The third-order valence-electron chi connectivity index (χ3n) is 3.69. The van der Waals surface area contributed by atoms with Crippen molar-refractivity contribution < 1.29 is 13.2 Å². The Morgan fingerprint density at radius 1 is 1.33 bits per heavy atom. The van der Waals surface area contributed by atoms with Crippen molar-refractivity contribution in [1.29, 1.82) is 0 Å². The minimum Gasteiger partial charge on any atom is -0.313 e. The zero-order chi connectivity index (χ0) is 15.3. The molecule has 0 saturated carbocycles. The summed E-state index contributed by atoms with van der Waals surface area (Å²) >= 11 is 0. The lowest BCUT2D eigenvalue weighted by Crippen LogP contribution is -2.36. The molecule has 1 aliphatic rings. The average molecular weight is 310 g/mol. The second-order valence-corrected chi connectivity index (χ2v) is 7.51. The van der Waals surface area contributed by atoms with Crippen molar-refractivity contribution in [2.45, 2.75) is 25.8 Å². The van der Waals surface area contributed by atoms with Gasteiger partial charge < -0.3 is 10.2 Å². The van der Waals surface area contributed by atoms with E-state index in [2.05, 4.69) is 5.32 Å². The number of hydrogen-bond donors (Lipinski definition) is 1. The molecule has 0 aromatic heterocycles. The van der Waals surface area contributed by atoms with Gasteiger partial charge in [0.1, 0.15) is 0 Å². The Labute approximate surface area is 126 Å². The van der Waals surface area contributed by atoms with E-state index < -0.39 is 9.84 Å². The van der Waals surface area contributed by atoms with Crippen LogP contribution in [0.1, 0.15) is 19.8 Å². The normalized spacial score (nSPS) is 20.3. The van der Waals surface area contributed by atoms with Crippen LogP contribution in [0.4, 0.5) is 5.69 Å². The summed E-state index contributed by atoms with van der Waals surface area (Å²) in [4.78, 5) is 14.0. The van der Waals surface area contributed by atoms with Gasteiger partial charge in [-0.3, -0.25) is 4.79 Å². The Balaban J connectivity index is 1.81. The molecule has 0 bridgehead atoms. The number of anilines is 1. The molecule has 2 rings (SSSR count). The molecule has 1 amide bonds. The summed E-state index contributed by atoms with van der Waals surface area (Å²) in [5.74, 6) is 0.498. The van der Waals surface area contributed by atoms with Crippen LogP contribution < -0.4 is 10.2 Å². The highest BCUT2D eigenvalue weighted by molar-refractivity contribution is 7.91. The smallest absolute Gasteiger partial charge is 0.228 e. The molecule has 6 heteroatoms. The van der Waals surface area contributed by atoms with Crippen LogP contribution in [0.5, 0.6) is 0 Å². The van der Waals surface area contributed by atoms with Gasteiger partial charge in [0, 0.05) is 31.2 Å². The summed E-state index contributed by atoms with van der Waals surface area (Å²) in [6.45, 7) is 3.09. The molecule has 1 heterocycles. The van der Waals surface area contributed by atoms with Crippen LogP contribution in [0.3, 0.4) is 0 Å². The van der Waals surface area contributed by atoms with Crippen LogP contribution in [-0.2, 0) is 14.6 Å². The van der Waals surface area contributed by atoms with E-state index in [0.717, 1.165) is 5.69 Å².